The predicted octanol–water partition coefficient (Wildman–Crippen LogP) is 1.81. The summed E-state index contributed by atoms with van der Waals surface area (Å²) in [6.45, 7) is 1.89. The third kappa shape index (κ3) is 3.64. The van der Waals surface area contributed by atoms with Crippen LogP contribution in [-0.2, 0) is 23.0 Å². The molecule has 114 valence electrons. The molecule has 0 saturated heterocycles. The molecule has 0 aliphatic carbocycles. The van der Waals surface area contributed by atoms with Gasteiger partial charge in [-0.3, -0.25) is 0 Å². The molecule has 0 fully saturated rings. The molecule has 1 aromatic heterocycles. The number of nitrogens with two attached hydrogens (primary N) is 1. The topological polar surface area (TPSA) is 78.0 Å². The lowest BCUT2D eigenvalue weighted by molar-refractivity contribution is 0.572. The smallest absolute Gasteiger partial charge is 0.257 e. The van der Waals surface area contributed by atoms with Crippen LogP contribution >= 0.6 is 0 Å². The monoisotopic (exact) mass is 315 g/mol. The van der Waals surface area contributed by atoms with Gasteiger partial charge in [0.25, 0.3) is 10.0 Å². The van der Waals surface area contributed by atoms with Crippen molar-refractivity contribution in [3.05, 3.63) is 47.4 Å². The maximum atomic E-state index is 13.7. The van der Waals surface area contributed by atoms with E-state index in [-0.39, 0.29) is 17.1 Å². The van der Waals surface area contributed by atoms with Gasteiger partial charge in [0, 0.05) is 18.2 Å². The van der Waals surface area contributed by atoms with Gasteiger partial charge in [0.2, 0.25) is 0 Å². The third-order valence-electron chi connectivity index (χ3n) is 2.95. The number of sulfonamides is 1. The first kappa shape index (κ1) is 15.6. The molecule has 2 N–H and O–H groups in total. The van der Waals surface area contributed by atoms with E-state index < -0.39 is 21.7 Å². The van der Waals surface area contributed by atoms with E-state index in [1.807, 2.05) is 6.92 Å². The lowest BCUT2D eigenvalue weighted by atomic mass is 10.2. The average molecular weight is 315 g/mol. The van der Waals surface area contributed by atoms with E-state index in [4.69, 9.17) is 5.14 Å². The minimum atomic E-state index is -3.93. The van der Waals surface area contributed by atoms with E-state index in [2.05, 4.69) is 4.98 Å². The molecule has 5 nitrogen and oxygen atoms in total. The Hall–Kier alpha value is -1.80. The number of hydrogen-bond acceptors (Lipinski definition) is 3. The average Bonchev–Trinajstić information content (AvgIpc) is 2.78. The predicted molar refractivity (Wildman–Crippen MR) is 73.1 cm³/mol. The van der Waals surface area contributed by atoms with Crippen LogP contribution in [0.3, 0.4) is 0 Å². The number of benzene rings is 1. The van der Waals surface area contributed by atoms with Gasteiger partial charge in [-0.05, 0) is 24.6 Å². The Bertz CT molecular complexity index is 757. The van der Waals surface area contributed by atoms with Gasteiger partial charge in [-0.1, -0.05) is 6.92 Å². The minimum absolute atomic E-state index is 0.0125. The van der Waals surface area contributed by atoms with Crippen molar-refractivity contribution < 1.29 is 17.2 Å². The quantitative estimate of drug-likeness (QED) is 0.914. The van der Waals surface area contributed by atoms with Crippen LogP contribution in [0.4, 0.5) is 8.78 Å². The Morgan fingerprint density at radius 1 is 1.33 bits per heavy atom. The SMILES string of the molecule is CCCc1nc(S(N)(=O)=O)cn1Cc1cc(F)ccc1F. The number of hydrogen-bond donors (Lipinski definition) is 1. The van der Waals surface area contributed by atoms with E-state index >= 15 is 0 Å². The van der Waals surface area contributed by atoms with E-state index in [0.29, 0.717) is 12.2 Å². The van der Waals surface area contributed by atoms with Crippen LogP contribution in [0.2, 0.25) is 0 Å². The lowest BCUT2D eigenvalue weighted by Crippen LogP contribution is -2.12. The van der Waals surface area contributed by atoms with Crippen LogP contribution in [-0.4, -0.2) is 18.0 Å². The summed E-state index contributed by atoms with van der Waals surface area (Å²) in [5, 5.41) is 4.77. The summed E-state index contributed by atoms with van der Waals surface area (Å²) in [5.74, 6) is -0.662. The second-order valence-corrected chi connectivity index (χ2v) is 6.16. The number of rotatable bonds is 5. The summed E-state index contributed by atoms with van der Waals surface area (Å²) in [4.78, 5) is 3.95. The first-order valence-corrected chi connectivity index (χ1v) is 7.88. The number of aromatic nitrogens is 2. The highest BCUT2D eigenvalue weighted by molar-refractivity contribution is 7.89. The zero-order valence-electron chi connectivity index (χ0n) is 11.4. The molecule has 0 aliphatic rings. The fourth-order valence-electron chi connectivity index (χ4n) is 1.97. The first-order valence-electron chi connectivity index (χ1n) is 6.34. The number of aryl methyl sites for hydroxylation is 1. The molecule has 1 aromatic carbocycles. The van der Waals surface area contributed by atoms with Gasteiger partial charge in [0.15, 0.2) is 5.03 Å². The number of primary sulfonamides is 1. The summed E-state index contributed by atoms with van der Waals surface area (Å²) in [6, 6.07) is 3.12. The molecule has 2 aromatic rings. The van der Waals surface area contributed by atoms with Crippen LogP contribution in [0.15, 0.2) is 29.4 Å². The Labute approximate surface area is 121 Å². The Morgan fingerprint density at radius 2 is 2.05 bits per heavy atom. The van der Waals surface area contributed by atoms with Crippen molar-refractivity contribution in [2.45, 2.75) is 31.3 Å². The summed E-state index contributed by atoms with van der Waals surface area (Å²) in [7, 11) is -3.93. The Kier molecular flexibility index (Phi) is 4.38. The molecule has 0 amide bonds. The normalized spacial score (nSPS) is 11.8. The number of nitrogens with zero attached hydrogens (tertiary/aromatic N) is 2. The second-order valence-electron chi connectivity index (χ2n) is 4.65. The highest BCUT2D eigenvalue weighted by Gasteiger charge is 2.17. The van der Waals surface area contributed by atoms with Crippen LogP contribution in [0.25, 0.3) is 0 Å². The minimum Gasteiger partial charge on any atom is -0.329 e. The van der Waals surface area contributed by atoms with Crippen molar-refractivity contribution in [2.24, 2.45) is 5.14 Å². The van der Waals surface area contributed by atoms with Crippen LogP contribution < -0.4 is 5.14 Å². The second kappa shape index (κ2) is 5.90. The number of halogens is 2. The zero-order valence-corrected chi connectivity index (χ0v) is 12.2. The fraction of sp³-hybridized carbons (Fsp3) is 0.308. The lowest BCUT2D eigenvalue weighted by Gasteiger charge is -2.08. The highest BCUT2D eigenvalue weighted by Crippen LogP contribution is 2.16. The van der Waals surface area contributed by atoms with Crippen molar-refractivity contribution in [3.8, 4) is 0 Å². The van der Waals surface area contributed by atoms with E-state index in [1.54, 1.807) is 0 Å². The highest BCUT2D eigenvalue weighted by atomic mass is 32.2. The zero-order chi connectivity index (χ0) is 15.6. The van der Waals surface area contributed by atoms with Crippen LogP contribution in [0.1, 0.15) is 24.7 Å². The van der Waals surface area contributed by atoms with Gasteiger partial charge in [-0.2, -0.15) is 0 Å². The molecule has 21 heavy (non-hydrogen) atoms. The maximum absolute atomic E-state index is 13.7. The van der Waals surface area contributed by atoms with E-state index in [1.165, 1.54) is 10.8 Å². The van der Waals surface area contributed by atoms with Gasteiger partial charge in [0.1, 0.15) is 17.5 Å². The number of imidazole rings is 1. The molecule has 0 bridgehead atoms. The Balaban J connectivity index is 2.43. The molecule has 0 unspecified atom stereocenters. The van der Waals surface area contributed by atoms with Gasteiger partial charge >= 0.3 is 0 Å². The molecule has 0 atom stereocenters. The molecular weight excluding hydrogens is 300 g/mol. The van der Waals surface area contributed by atoms with Gasteiger partial charge in [-0.25, -0.2) is 27.3 Å². The molecular formula is C13H15F2N3O2S. The summed E-state index contributed by atoms with van der Waals surface area (Å²) in [5.41, 5.74) is 0.116. The van der Waals surface area contributed by atoms with Crippen LogP contribution in [0.5, 0.6) is 0 Å². The first-order chi connectivity index (χ1) is 9.81. The van der Waals surface area contributed by atoms with Gasteiger partial charge in [0.05, 0.1) is 6.54 Å². The van der Waals surface area contributed by atoms with Crippen molar-refractivity contribution >= 4 is 10.0 Å². The molecule has 2 rings (SSSR count). The summed E-state index contributed by atoms with van der Waals surface area (Å²) in [6.07, 6.45) is 2.48. The third-order valence-corrected chi connectivity index (χ3v) is 3.73. The molecule has 0 aliphatic heterocycles. The van der Waals surface area contributed by atoms with Crippen LogP contribution in [0, 0.1) is 11.6 Å². The largest absolute Gasteiger partial charge is 0.329 e. The molecule has 0 spiro atoms. The maximum Gasteiger partial charge on any atom is 0.257 e. The van der Waals surface area contributed by atoms with E-state index in [9.17, 15) is 17.2 Å². The van der Waals surface area contributed by atoms with Crippen molar-refractivity contribution in [1.82, 2.24) is 9.55 Å². The van der Waals surface area contributed by atoms with E-state index in [0.717, 1.165) is 24.6 Å². The summed E-state index contributed by atoms with van der Waals surface area (Å²) >= 11 is 0. The molecule has 0 radical (unpaired) electrons. The van der Waals surface area contributed by atoms with Crippen molar-refractivity contribution in [3.63, 3.8) is 0 Å². The molecule has 1 heterocycles. The molecule has 8 heteroatoms. The van der Waals surface area contributed by atoms with Crippen molar-refractivity contribution in [1.29, 1.82) is 0 Å². The Morgan fingerprint density at radius 3 is 2.67 bits per heavy atom. The van der Waals surface area contributed by atoms with Gasteiger partial charge in [-0.15, -0.1) is 0 Å². The molecule has 0 saturated carbocycles. The fourth-order valence-corrected chi connectivity index (χ4v) is 2.48. The summed E-state index contributed by atoms with van der Waals surface area (Å²) < 4.78 is 51.0. The van der Waals surface area contributed by atoms with Crippen molar-refractivity contribution in [2.75, 3.05) is 0 Å². The van der Waals surface area contributed by atoms with Gasteiger partial charge < -0.3 is 4.57 Å². The standard InChI is InChI=1S/C13H15F2N3O2S/c1-2-3-12-17-13(21(16,19)20)8-18(12)7-9-6-10(14)4-5-11(9)15/h4-6,8H,2-3,7H2,1H3,(H2,16,19,20).